The average molecular weight is 339 g/mol. The molecule has 0 spiro atoms. The minimum absolute atomic E-state index is 0.535. The molecule has 0 fully saturated rings. The minimum atomic E-state index is 0.535. The molecule has 0 aliphatic carbocycles. The summed E-state index contributed by atoms with van der Waals surface area (Å²) in [5.41, 5.74) is 2.28. The van der Waals surface area contributed by atoms with Crippen LogP contribution in [0.15, 0.2) is 34.8 Å². The number of ether oxygens (including phenoxy) is 1. The molecule has 96 valence electrons. The number of nitrogens with one attached hydrogen (secondary N) is 1. The zero-order chi connectivity index (χ0) is 13.4. The molecular weight excluding hydrogens is 330 g/mol. The van der Waals surface area contributed by atoms with Crippen LogP contribution in [-0.4, -0.2) is 22.1 Å². The van der Waals surface area contributed by atoms with E-state index in [0.29, 0.717) is 22.4 Å². The lowest BCUT2D eigenvalue weighted by Gasteiger charge is -2.00. The molecule has 0 bridgehead atoms. The Bertz CT molecular complexity index is 757. The van der Waals surface area contributed by atoms with Gasteiger partial charge in [-0.05, 0) is 24.3 Å². The molecule has 0 amide bonds. The molecule has 0 atom stereocenters. The van der Waals surface area contributed by atoms with E-state index in [2.05, 4.69) is 30.9 Å². The van der Waals surface area contributed by atoms with E-state index < -0.39 is 0 Å². The Morgan fingerprint density at radius 2 is 2.05 bits per heavy atom. The Kier molecular flexibility index (Phi) is 3.16. The summed E-state index contributed by atoms with van der Waals surface area (Å²) in [6.45, 7) is 0. The van der Waals surface area contributed by atoms with Gasteiger partial charge in [-0.2, -0.15) is 4.98 Å². The van der Waals surface area contributed by atoms with Gasteiger partial charge in [-0.1, -0.05) is 27.5 Å². The van der Waals surface area contributed by atoms with E-state index in [1.165, 1.54) is 0 Å². The van der Waals surface area contributed by atoms with Gasteiger partial charge in [0, 0.05) is 16.1 Å². The number of halogens is 2. The molecule has 0 saturated heterocycles. The number of methoxy groups -OCH3 is 1. The first-order chi connectivity index (χ1) is 9.17. The summed E-state index contributed by atoms with van der Waals surface area (Å²) in [5.74, 6) is 1.22. The number of aromatic nitrogens is 3. The quantitative estimate of drug-likeness (QED) is 0.767. The number of pyridine rings is 1. The molecule has 0 radical (unpaired) electrons. The Hall–Kier alpha value is -1.59. The number of rotatable bonds is 2. The molecule has 3 aromatic rings. The van der Waals surface area contributed by atoms with E-state index in [1.54, 1.807) is 13.2 Å². The number of H-pyrrole nitrogens is 1. The Labute approximate surface area is 122 Å². The average Bonchev–Trinajstić information content (AvgIpc) is 2.80. The number of aromatic amines is 1. The lowest BCUT2D eigenvalue weighted by molar-refractivity contribution is 0.399. The Balaban J connectivity index is 2.14. The van der Waals surface area contributed by atoms with Crippen molar-refractivity contribution in [1.29, 1.82) is 0 Å². The van der Waals surface area contributed by atoms with Crippen LogP contribution in [0.2, 0.25) is 5.02 Å². The second-order valence-corrected chi connectivity index (χ2v) is 5.26. The van der Waals surface area contributed by atoms with Gasteiger partial charge in [-0.25, -0.2) is 4.98 Å². The highest BCUT2D eigenvalue weighted by atomic mass is 79.9. The van der Waals surface area contributed by atoms with Crippen LogP contribution >= 0.6 is 27.5 Å². The number of fused-ring (bicyclic) bond motifs is 1. The molecule has 4 nitrogen and oxygen atoms in total. The van der Waals surface area contributed by atoms with Crippen LogP contribution in [0.3, 0.4) is 0 Å². The van der Waals surface area contributed by atoms with Crippen molar-refractivity contribution in [1.82, 2.24) is 15.0 Å². The summed E-state index contributed by atoms with van der Waals surface area (Å²) in [7, 11) is 1.58. The molecular formula is C13H9BrClN3O. The zero-order valence-corrected chi connectivity index (χ0v) is 12.3. The third-order valence-corrected chi connectivity index (χ3v) is 3.52. The van der Waals surface area contributed by atoms with Crippen LogP contribution in [0.5, 0.6) is 5.88 Å². The van der Waals surface area contributed by atoms with E-state index in [9.17, 15) is 0 Å². The van der Waals surface area contributed by atoms with Gasteiger partial charge >= 0.3 is 0 Å². The first kappa shape index (κ1) is 12.4. The maximum atomic E-state index is 6.22. The summed E-state index contributed by atoms with van der Waals surface area (Å²) >= 11 is 9.59. The van der Waals surface area contributed by atoms with E-state index >= 15 is 0 Å². The molecule has 1 N–H and O–H groups in total. The predicted molar refractivity (Wildman–Crippen MR) is 78.6 cm³/mol. The number of nitrogens with zero attached hydrogens (tertiary/aromatic N) is 2. The second kappa shape index (κ2) is 4.83. The van der Waals surface area contributed by atoms with Crippen molar-refractivity contribution in [2.75, 3.05) is 7.11 Å². The fourth-order valence-electron chi connectivity index (χ4n) is 1.80. The van der Waals surface area contributed by atoms with Crippen LogP contribution in [0.1, 0.15) is 0 Å². The van der Waals surface area contributed by atoms with Crippen LogP contribution in [-0.2, 0) is 0 Å². The molecule has 19 heavy (non-hydrogen) atoms. The Morgan fingerprint density at radius 3 is 2.79 bits per heavy atom. The van der Waals surface area contributed by atoms with Crippen molar-refractivity contribution in [2.24, 2.45) is 0 Å². The van der Waals surface area contributed by atoms with Gasteiger partial charge in [0.05, 0.1) is 17.6 Å². The van der Waals surface area contributed by atoms with Crippen molar-refractivity contribution in [3.63, 3.8) is 0 Å². The van der Waals surface area contributed by atoms with Gasteiger partial charge in [-0.15, -0.1) is 0 Å². The van der Waals surface area contributed by atoms with Gasteiger partial charge in [0.15, 0.2) is 5.65 Å². The predicted octanol–water partition coefficient (Wildman–Crippen LogP) is 4.05. The molecule has 0 saturated carbocycles. The van der Waals surface area contributed by atoms with Crippen LogP contribution in [0, 0.1) is 0 Å². The largest absolute Gasteiger partial charge is 0.481 e. The maximum absolute atomic E-state index is 6.22. The molecule has 0 unspecified atom stereocenters. The fourth-order valence-corrected chi connectivity index (χ4v) is 2.56. The Morgan fingerprint density at radius 1 is 1.21 bits per heavy atom. The van der Waals surface area contributed by atoms with Crippen molar-refractivity contribution < 1.29 is 4.74 Å². The van der Waals surface area contributed by atoms with Gasteiger partial charge in [-0.3, -0.25) is 0 Å². The molecule has 6 heteroatoms. The highest BCUT2D eigenvalue weighted by molar-refractivity contribution is 9.10. The molecule has 0 aliphatic rings. The highest BCUT2D eigenvalue weighted by Gasteiger charge is 2.10. The van der Waals surface area contributed by atoms with E-state index in [1.807, 2.05) is 24.3 Å². The fraction of sp³-hybridized carbons (Fsp3) is 0.0769. The smallest absolute Gasteiger partial charge is 0.215 e. The number of hydrogen-bond acceptors (Lipinski definition) is 3. The number of benzene rings is 1. The monoisotopic (exact) mass is 337 g/mol. The topological polar surface area (TPSA) is 50.8 Å². The lowest BCUT2D eigenvalue weighted by Crippen LogP contribution is -1.86. The number of imidazole rings is 1. The summed E-state index contributed by atoms with van der Waals surface area (Å²) in [4.78, 5) is 11.9. The van der Waals surface area contributed by atoms with E-state index in [4.69, 9.17) is 16.3 Å². The lowest BCUT2D eigenvalue weighted by atomic mass is 10.2. The van der Waals surface area contributed by atoms with Gasteiger partial charge in [0.2, 0.25) is 5.88 Å². The third kappa shape index (κ3) is 2.31. The van der Waals surface area contributed by atoms with Crippen molar-refractivity contribution >= 4 is 38.7 Å². The first-order valence-electron chi connectivity index (χ1n) is 5.53. The van der Waals surface area contributed by atoms with Crippen molar-refractivity contribution in [3.8, 4) is 17.3 Å². The van der Waals surface area contributed by atoms with Gasteiger partial charge in [0.25, 0.3) is 0 Å². The van der Waals surface area contributed by atoms with Crippen LogP contribution < -0.4 is 4.74 Å². The van der Waals surface area contributed by atoms with Crippen molar-refractivity contribution in [2.45, 2.75) is 0 Å². The SMILES string of the molecule is COc1ccc2[nH]c(-c3ccc(Br)cc3Cl)nc2n1. The maximum Gasteiger partial charge on any atom is 0.215 e. The van der Waals surface area contributed by atoms with Gasteiger partial charge < -0.3 is 9.72 Å². The normalized spacial score (nSPS) is 10.9. The third-order valence-electron chi connectivity index (χ3n) is 2.72. The molecule has 0 aliphatic heterocycles. The standard InChI is InChI=1S/C13H9BrClN3O/c1-19-11-5-4-10-13(17-11)18-12(16-10)8-3-2-7(14)6-9(8)15/h2-6H,1H3,(H,16,17,18). The number of hydrogen-bond donors (Lipinski definition) is 1. The summed E-state index contributed by atoms with van der Waals surface area (Å²) in [6, 6.07) is 9.32. The van der Waals surface area contributed by atoms with Crippen LogP contribution in [0.25, 0.3) is 22.6 Å². The summed E-state index contributed by atoms with van der Waals surface area (Å²) in [5, 5.41) is 0.625. The minimum Gasteiger partial charge on any atom is -0.481 e. The highest BCUT2D eigenvalue weighted by Crippen LogP contribution is 2.29. The molecule has 2 heterocycles. The summed E-state index contributed by atoms with van der Waals surface area (Å²) < 4.78 is 6.01. The van der Waals surface area contributed by atoms with E-state index in [0.717, 1.165) is 15.6 Å². The van der Waals surface area contributed by atoms with Crippen LogP contribution in [0.4, 0.5) is 0 Å². The molecule has 2 aromatic heterocycles. The summed E-state index contributed by atoms with van der Waals surface area (Å²) in [6.07, 6.45) is 0. The molecule has 3 rings (SSSR count). The van der Waals surface area contributed by atoms with Gasteiger partial charge in [0.1, 0.15) is 5.82 Å². The second-order valence-electron chi connectivity index (χ2n) is 3.93. The zero-order valence-electron chi connectivity index (χ0n) is 9.95. The molecule has 1 aromatic carbocycles. The van der Waals surface area contributed by atoms with E-state index in [-0.39, 0.29) is 0 Å². The van der Waals surface area contributed by atoms with Crippen molar-refractivity contribution in [3.05, 3.63) is 39.8 Å². The first-order valence-corrected chi connectivity index (χ1v) is 6.70.